The Balaban J connectivity index is 2.52. The standard InChI is InChI=1S/C12H20N2O5/c1-2-14(7-8-4-3-5-8)12(19)13-9(11(17)18)6-10(15)16/h8-9H,2-7H2,1H3,(H,13,19)(H,15,16)(H,17,18)/t9-/m0/s1. The van der Waals surface area contributed by atoms with E-state index in [9.17, 15) is 14.4 Å². The third-order valence-corrected chi connectivity index (χ3v) is 3.35. The third kappa shape index (κ3) is 4.76. The number of hydrogen-bond donors (Lipinski definition) is 3. The van der Waals surface area contributed by atoms with Gasteiger partial charge >= 0.3 is 18.0 Å². The van der Waals surface area contributed by atoms with Crippen molar-refractivity contribution < 1.29 is 24.6 Å². The lowest BCUT2D eigenvalue weighted by Gasteiger charge is -2.32. The van der Waals surface area contributed by atoms with Gasteiger partial charge in [0.25, 0.3) is 0 Å². The molecule has 0 aromatic carbocycles. The highest BCUT2D eigenvalue weighted by atomic mass is 16.4. The Morgan fingerprint density at radius 3 is 2.32 bits per heavy atom. The Morgan fingerprint density at radius 2 is 1.95 bits per heavy atom. The molecule has 108 valence electrons. The molecule has 0 bridgehead atoms. The van der Waals surface area contributed by atoms with E-state index in [1.807, 2.05) is 6.92 Å². The predicted octanol–water partition coefficient (Wildman–Crippen LogP) is 0.746. The van der Waals surface area contributed by atoms with Crippen molar-refractivity contribution >= 4 is 18.0 Å². The van der Waals surface area contributed by atoms with Gasteiger partial charge in [0.2, 0.25) is 0 Å². The fraction of sp³-hybridized carbons (Fsp3) is 0.750. The number of carbonyl (C=O) groups excluding carboxylic acids is 1. The van der Waals surface area contributed by atoms with Crippen LogP contribution in [-0.4, -0.2) is 52.2 Å². The molecular formula is C12H20N2O5. The van der Waals surface area contributed by atoms with E-state index < -0.39 is 30.4 Å². The van der Waals surface area contributed by atoms with Crippen LogP contribution in [0.15, 0.2) is 0 Å². The zero-order valence-corrected chi connectivity index (χ0v) is 11.0. The van der Waals surface area contributed by atoms with Crippen LogP contribution in [-0.2, 0) is 9.59 Å². The molecule has 19 heavy (non-hydrogen) atoms. The minimum absolute atomic E-state index is 0.474. The van der Waals surface area contributed by atoms with Gasteiger partial charge in [-0.25, -0.2) is 9.59 Å². The molecule has 7 nitrogen and oxygen atoms in total. The molecule has 1 aliphatic rings. The SMILES string of the molecule is CCN(CC1CCC1)C(=O)N[C@@H](CC(=O)O)C(=O)O. The minimum atomic E-state index is -1.39. The van der Waals surface area contributed by atoms with Crippen molar-refractivity contribution in [1.82, 2.24) is 10.2 Å². The van der Waals surface area contributed by atoms with E-state index in [0.717, 1.165) is 12.8 Å². The largest absolute Gasteiger partial charge is 0.481 e. The first kappa shape index (κ1) is 15.3. The van der Waals surface area contributed by atoms with Gasteiger partial charge < -0.3 is 20.4 Å². The van der Waals surface area contributed by atoms with Gasteiger partial charge in [-0.2, -0.15) is 0 Å². The van der Waals surface area contributed by atoms with Crippen molar-refractivity contribution in [2.24, 2.45) is 5.92 Å². The quantitative estimate of drug-likeness (QED) is 0.634. The monoisotopic (exact) mass is 272 g/mol. The number of nitrogens with one attached hydrogen (secondary N) is 1. The van der Waals surface area contributed by atoms with Gasteiger partial charge in [-0.05, 0) is 25.7 Å². The predicted molar refractivity (Wildman–Crippen MR) is 66.8 cm³/mol. The molecule has 0 saturated heterocycles. The topological polar surface area (TPSA) is 107 Å². The highest BCUT2D eigenvalue weighted by molar-refractivity contribution is 5.86. The highest BCUT2D eigenvalue weighted by Crippen LogP contribution is 2.27. The summed E-state index contributed by atoms with van der Waals surface area (Å²) in [7, 11) is 0. The van der Waals surface area contributed by atoms with E-state index in [4.69, 9.17) is 10.2 Å². The van der Waals surface area contributed by atoms with Crippen molar-refractivity contribution in [3.05, 3.63) is 0 Å². The maximum Gasteiger partial charge on any atom is 0.326 e. The van der Waals surface area contributed by atoms with Crippen molar-refractivity contribution in [1.29, 1.82) is 0 Å². The molecule has 0 aromatic rings. The number of hydrogen-bond acceptors (Lipinski definition) is 3. The van der Waals surface area contributed by atoms with Gasteiger partial charge in [-0.15, -0.1) is 0 Å². The molecule has 0 unspecified atom stereocenters. The fourth-order valence-electron chi connectivity index (χ4n) is 1.96. The van der Waals surface area contributed by atoms with Crippen molar-refractivity contribution in [2.75, 3.05) is 13.1 Å². The molecule has 0 heterocycles. The molecule has 0 aromatic heterocycles. The number of carbonyl (C=O) groups is 3. The maximum absolute atomic E-state index is 11.9. The average Bonchev–Trinajstić information content (AvgIpc) is 2.25. The molecule has 0 spiro atoms. The molecule has 7 heteroatoms. The van der Waals surface area contributed by atoms with Crippen LogP contribution >= 0.6 is 0 Å². The fourth-order valence-corrected chi connectivity index (χ4v) is 1.96. The van der Waals surface area contributed by atoms with Gasteiger partial charge in [-0.1, -0.05) is 6.42 Å². The maximum atomic E-state index is 11.9. The Morgan fingerprint density at radius 1 is 1.32 bits per heavy atom. The van der Waals surface area contributed by atoms with Crippen LogP contribution in [0.2, 0.25) is 0 Å². The van der Waals surface area contributed by atoms with E-state index >= 15 is 0 Å². The van der Waals surface area contributed by atoms with E-state index in [1.165, 1.54) is 11.3 Å². The normalized spacial score (nSPS) is 16.3. The summed E-state index contributed by atoms with van der Waals surface area (Å²) >= 11 is 0. The van der Waals surface area contributed by atoms with Crippen molar-refractivity contribution in [3.8, 4) is 0 Å². The molecule has 0 radical (unpaired) electrons. The molecule has 2 amide bonds. The van der Waals surface area contributed by atoms with Crippen molar-refractivity contribution in [2.45, 2.75) is 38.6 Å². The van der Waals surface area contributed by atoms with Crippen LogP contribution in [0.25, 0.3) is 0 Å². The van der Waals surface area contributed by atoms with Crippen LogP contribution in [0.3, 0.4) is 0 Å². The number of urea groups is 1. The Labute approximate surface area is 111 Å². The second kappa shape index (κ2) is 6.96. The van der Waals surface area contributed by atoms with Gasteiger partial charge in [0.15, 0.2) is 0 Å². The van der Waals surface area contributed by atoms with Gasteiger partial charge in [0.05, 0.1) is 6.42 Å². The summed E-state index contributed by atoms with van der Waals surface area (Å²) in [6.45, 7) is 2.88. The van der Waals surface area contributed by atoms with E-state index in [0.29, 0.717) is 19.0 Å². The van der Waals surface area contributed by atoms with E-state index in [2.05, 4.69) is 5.32 Å². The smallest absolute Gasteiger partial charge is 0.326 e. The van der Waals surface area contributed by atoms with Gasteiger partial charge in [-0.3, -0.25) is 4.79 Å². The average molecular weight is 272 g/mol. The van der Waals surface area contributed by atoms with Crippen LogP contribution in [0.1, 0.15) is 32.6 Å². The number of aliphatic carboxylic acids is 2. The number of nitrogens with zero attached hydrogens (tertiary/aromatic N) is 1. The number of carboxylic acids is 2. The van der Waals surface area contributed by atoms with Crippen LogP contribution < -0.4 is 5.32 Å². The highest BCUT2D eigenvalue weighted by Gasteiger charge is 2.27. The molecule has 0 aliphatic heterocycles. The van der Waals surface area contributed by atoms with Crippen LogP contribution in [0, 0.1) is 5.92 Å². The lowest BCUT2D eigenvalue weighted by molar-refractivity contribution is -0.145. The Hall–Kier alpha value is -1.79. The summed E-state index contributed by atoms with van der Waals surface area (Å²) in [5.74, 6) is -2.11. The molecule has 1 saturated carbocycles. The minimum Gasteiger partial charge on any atom is -0.481 e. The summed E-state index contributed by atoms with van der Waals surface area (Å²) in [6.07, 6.45) is 2.71. The van der Waals surface area contributed by atoms with Gasteiger partial charge in [0, 0.05) is 13.1 Å². The zero-order chi connectivity index (χ0) is 14.4. The van der Waals surface area contributed by atoms with E-state index in [1.54, 1.807) is 0 Å². The molecule has 1 atom stereocenters. The first-order valence-corrected chi connectivity index (χ1v) is 6.44. The lowest BCUT2D eigenvalue weighted by Crippen LogP contribution is -2.50. The second-order valence-corrected chi connectivity index (χ2v) is 4.77. The molecule has 1 aliphatic carbocycles. The first-order chi connectivity index (χ1) is 8.93. The van der Waals surface area contributed by atoms with Crippen molar-refractivity contribution in [3.63, 3.8) is 0 Å². The second-order valence-electron chi connectivity index (χ2n) is 4.77. The molecular weight excluding hydrogens is 252 g/mol. The molecule has 3 N–H and O–H groups in total. The summed E-state index contributed by atoms with van der Waals surface area (Å²) in [4.78, 5) is 34.8. The van der Waals surface area contributed by atoms with Crippen LogP contribution in [0.5, 0.6) is 0 Å². The number of amides is 2. The summed E-state index contributed by atoms with van der Waals surface area (Å²) in [5, 5.41) is 19.7. The Bertz CT molecular complexity index is 354. The summed E-state index contributed by atoms with van der Waals surface area (Å²) in [6, 6.07) is -1.90. The van der Waals surface area contributed by atoms with E-state index in [-0.39, 0.29) is 0 Å². The molecule has 1 fully saturated rings. The summed E-state index contributed by atoms with van der Waals surface area (Å²) in [5.41, 5.74) is 0. The van der Waals surface area contributed by atoms with Crippen LogP contribution in [0.4, 0.5) is 4.79 Å². The lowest BCUT2D eigenvalue weighted by atomic mass is 9.85. The number of carboxylic acid groups (broad SMARTS) is 2. The molecule has 1 rings (SSSR count). The first-order valence-electron chi connectivity index (χ1n) is 6.44. The zero-order valence-electron chi connectivity index (χ0n) is 11.0. The summed E-state index contributed by atoms with van der Waals surface area (Å²) < 4.78 is 0. The Kier molecular flexibility index (Phi) is 5.59. The van der Waals surface area contributed by atoms with Gasteiger partial charge in [0.1, 0.15) is 6.04 Å². The third-order valence-electron chi connectivity index (χ3n) is 3.35. The number of rotatable bonds is 7.